The molecule has 0 fully saturated rings. The highest BCUT2D eigenvalue weighted by molar-refractivity contribution is 5.76. The monoisotopic (exact) mass is 245 g/mol. The Balaban J connectivity index is 2.38. The standard InChI is InChI=1S/C15H23N3/c1-4-15-17-13-6-5-11(9-14(13)18-15)12(7-8-16)10(2)3/h5-6,9-10,12H,4,7-8,16H2,1-3H3,(H,17,18). The molecular weight excluding hydrogens is 222 g/mol. The van der Waals surface area contributed by atoms with Crippen molar-refractivity contribution in [2.24, 2.45) is 11.7 Å². The van der Waals surface area contributed by atoms with Crippen molar-refractivity contribution >= 4 is 11.0 Å². The van der Waals surface area contributed by atoms with Crippen molar-refractivity contribution in [2.45, 2.75) is 39.5 Å². The Bertz CT molecular complexity index is 513. The lowest BCUT2D eigenvalue weighted by atomic mass is 9.86. The van der Waals surface area contributed by atoms with Crippen LogP contribution in [0.4, 0.5) is 0 Å². The third-order valence-corrected chi connectivity index (χ3v) is 3.60. The fraction of sp³-hybridized carbons (Fsp3) is 0.533. The van der Waals surface area contributed by atoms with Gasteiger partial charge in [-0.1, -0.05) is 26.8 Å². The van der Waals surface area contributed by atoms with Crippen molar-refractivity contribution in [3.8, 4) is 0 Å². The van der Waals surface area contributed by atoms with Crippen molar-refractivity contribution < 1.29 is 0 Å². The normalized spacial score (nSPS) is 13.4. The van der Waals surface area contributed by atoms with Crippen LogP contribution in [0.25, 0.3) is 11.0 Å². The van der Waals surface area contributed by atoms with Gasteiger partial charge in [0.2, 0.25) is 0 Å². The van der Waals surface area contributed by atoms with Crippen LogP contribution in [0.2, 0.25) is 0 Å². The minimum Gasteiger partial charge on any atom is -0.342 e. The van der Waals surface area contributed by atoms with E-state index in [2.05, 4.69) is 48.9 Å². The van der Waals surface area contributed by atoms with E-state index in [1.807, 2.05) is 0 Å². The zero-order valence-electron chi connectivity index (χ0n) is 11.5. The SMILES string of the molecule is CCc1nc2ccc(C(CCN)C(C)C)cc2[nH]1. The molecule has 3 N–H and O–H groups in total. The molecule has 3 nitrogen and oxygen atoms in total. The molecule has 0 radical (unpaired) electrons. The maximum atomic E-state index is 5.72. The van der Waals surface area contributed by atoms with Crippen LogP contribution in [-0.2, 0) is 6.42 Å². The number of hydrogen-bond donors (Lipinski definition) is 2. The van der Waals surface area contributed by atoms with E-state index in [0.717, 1.165) is 36.2 Å². The summed E-state index contributed by atoms with van der Waals surface area (Å²) in [6, 6.07) is 6.55. The highest BCUT2D eigenvalue weighted by Crippen LogP contribution is 2.29. The van der Waals surface area contributed by atoms with Gasteiger partial charge in [-0.05, 0) is 42.5 Å². The van der Waals surface area contributed by atoms with Gasteiger partial charge >= 0.3 is 0 Å². The first kappa shape index (κ1) is 13.1. The van der Waals surface area contributed by atoms with Crippen LogP contribution in [-0.4, -0.2) is 16.5 Å². The van der Waals surface area contributed by atoms with Crippen molar-refractivity contribution in [1.82, 2.24) is 9.97 Å². The van der Waals surface area contributed by atoms with Gasteiger partial charge in [-0.25, -0.2) is 4.98 Å². The van der Waals surface area contributed by atoms with Crippen molar-refractivity contribution in [2.75, 3.05) is 6.54 Å². The second-order valence-electron chi connectivity index (χ2n) is 5.24. The molecule has 1 aromatic heterocycles. The van der Waals surface area contributed by atoms with E-state index in [1.54, 1.807) is 0 Å². The third-order valence-electron chi connectivity index (χ3n) is 3.60. The van der Waals surface area contributed by atoms with Crippen LogP contribution in [0.3, 0.4) is 0 Å². The summed E-state index contributed by atoms with van der Waals surface area (Å²) >= 11 is 0. The number of aromatic amines is 1. The molecule has 1 heterocycles. The Labute approximate surface area is 109 Å². The van der Waals surface area contributed by atoms with Gasteiger partial charge in [-0.15, -0.1) is 0 Å². The van der Waals surface area contributed by atoms with E-state index >= 15 is 0 Å². The highest BCUT2D eigenvalue weighted by atomic mass is 14.9. The summed E-state index contributed by atoms with van der Waals surface area (Å²) in [4.78, 5) is 7.92. The number of rotatable bonds is 5. The lowest BCUT2D eigenvalue weighted by molar-refractivity contribution is 0.473. The molecule has 2 aromatic rings. The van der Waals surface area contributed by atoms with Gasteiger partial charge < -0.3 is 10.7 Å². The van der Waals surface area contributed by atoms with Crippen LogP contribution < -0.4 is 5.73 Å². The first-order chi connectivity index (χ1) is 8.65. The first-order valence-electron chi connectivity index (χ1n) is 6.84. The number of hydrogen-bond acceptors (Lipinski definition) is 2. The summed E-state index contributed by atoms with van der Waals surface area (Å²) < 4.78 is 0. The summed E-state index contributed by atoms with van der Waals surface area (Å²) in [6.07, 6.45) is 1.98. The molecule has 1 aromatic carbocycles. The summed E-state index contributed by atoms with van der Waals surface area (Å²) in [6.45, 7) is 7.37. The molecule has 2 rings (SSSR count). The lowest BCUT2D eigenvalue weighted by Gasteiger charge is -2.20. The third kappa shape index (κ3) is 2.56. The number of nitrogens with zero attached hydrogens (tertiary/aromatic N) is 1. The second kappa shape index (κ2) is 5.53. The maximum absolute atomic E-state index is 5.72. The molecule has 0 bridgehead atoms. The molecule has 0 aliphatic heterocycles. The smallest absolute Gasteiger partial charge is 0.106 e. The Morgan fingerprint density at radius 3 is 2.72 bits per heavy atom. The van der Waals surface area contributed by atoms with Gasteiger partial charge in [-0.2, -0.15) is 0 Å². The number of nitrogens with two attached hydrogens (primary N) is 1. The van der Waals surface area contributed by atoms with Gasteiger partial charge in [0, 0.05) is 6.42 Å². The number of aryl methyl sites for hydroxylation is 1. The fourth-order valence-corrected chi connectivity index (χ4v) is 2.54. The minimum atomic E-state index is 0.535. The van der Waals surface area contributed by atoms with E-state index in [9.17, 15) is 0 Å². The van der Waals surface area contributed by atoms with E-state index < -0.39 is 0 Å². The van der Waals surface area contributed by atoms with Crippen LogP contribution >= 0.6 is 0 Å². The Hall–Kier alpha value is -1.35. The van der Waals surface area contributed by atoms with E-state index in [4.69, 9.17) is 5.73 Å². The van der Waals surface area contributed by atoms with E-state index in [0.29, 0.717) is 11.8 Å². The molecule has 98 valence electrons. The maximum Gasteiger partial charge on any atom is 0.106 e. The average molecular weight is 245 g/mol. The second-order valence-corrected chi connectivity index (χ2v) is 5.24. The van der Waals surface area contributed by atoms with Gasteiger partial charge in [0.15, 0.2) is 0 Å². The molecule has 1 atom stereocenters. The molecule has 0 amide bonds. The fourth-order valence-electron chi connectivity index (χ4n) is 2.54. The first-order valence-corrected chi connectivity index (χ1v) is 6.84. The number of aromatic nitrogens is 2. The summed E-state index contributed by atoms with van der Waals surface area (Å²) in [5, 5.41) is 0. The van der Waals surface area contributed by atoms with Crippen molar-refractivity contribution in [3.05, 3.63) is 29.6 Å². The average Bonchev–Trinajstić information content (AvgIpc) is 2.77. The molecule has 18 heavy (non-hydrogen) atoms. The number of benzene rings is 1. The summed E-state index contributed by atoms with van der Waals surface area (Å²) in [5.74, 6) is 2.20. The number of fused-ring (bicyclic) bond motifs is 1. The van der Waals surface area contributed by atoms with Crippen LogP contribution in [0.5, 0.6) is 0 Å². The number of nitrogens with one attached hydrogen (secondary N) is 1. The van der Waals surface area contributed by atoms with Gasteiger partial charge in [0.05, 0.1) is 11.0 Å². The van der Waals surface area contributed by atoms with Crippen molar-refractivity contribution in [3.63, 3.8) is 0 Å². The van der Waals surface area contributed by atoms with Gasteiger partial charge in [-0.3, -0.25) is 0 Å². The quantitative estimate of drug-likeness (QED) is 0.849. The number of H-pyrrole nitrogens is 1. The Kier molecular flexibility index (Phi) is 4.02. The van der Waals surface area contributed by atoms with Crippen LogP contribution in [0, 0.1) is 5.92 Å². The predicted molar refractivity (Wildman–Crippen MR) is 76.7 cm³/mol. The molecular formula is C15H23N3. The topological polar surface area (TPSA) is 54.7 Å². The Morgan fingerprint density at radius 1 is 1.33 bits per heavy atom. The van der Waals surface area contributed by atoms with E-state index in [1.165, 1.54) is 5.56 Å². The Morgan fingerprint density at radius 2 is 2.11 bits per heavy atom. The lowest BCUT2D eigenvalue weighted by Crippen LogP contribution is -2.12. The number of imidazole rings is 1. The largest absolute Gasteiger partial charge is 0.342 e. The zero-order valence-corrected chi connectivity index (χ0v) is 11.5. The van der Waals surface area contributed by atoms with E-state index in [-0.39, 0.29) is 0 Å². The summed E-state index contributed by atoms with van der Waals surface area (Å²) in [7, 11) is 0. The highest BCUT2D eigenvalue weighted by Gasteiger charge is 2.15. The molecule has 1 unspecified atom stereocenters. The molecule has 0 saturated heterocycles. The molecule has 0 aliphatic carbocycles. The van der Waals surface area contributed by atoms with Crippen molar-refractivity contribution in [1.29, 1.82) is 0 Å². The van der Waals surface area contributed by atoms with Crippen LogP contribution in [0.1, 0.15) is 44.5 Å². The van der Waals surface area contributed by atoms with Crippen LogP contribution in [0.15, 0.2) is 18.2 Å². The summed E-state index contributed by atoms with van der Waals surface area (Å²) in [5.41, 5.74) is 9.30. The molecule has 3 heteroatoms. The van der Waals surface area contributed by atoms with Gasteiger partial charge in [0.1, 0.15) is 5.82 Å². The molecule has 0 saturated carbocycles. The molecule has 0 aliphatic rings. The minimum absolute atomic E-state index is 0.535. The zero-order chi connectivity index (χ0) is 13.1. The molecule has 0 spiro atoms. The predicted octanol–water partition coefficient (Wildman–Crippen LogP) is 3.21. The van der Waals surface area contributed by atoms with Gasteiger partial charge in [0.25, 0.3) is 0 Å².